The molecule has 452 valence electrons. The Kier molecular flexibility index (Phi) is 62.5. The fourth-order valence-corrected chi connectivity index (χ4v) is 8.12. The molecule has 0 saturated heterocycles. The molecule has 1 unspecified atom stereocenters. The van der Waals surface area contributed by atoms with E-state index in [4.69, 9.17) is 14.2 Å². The van der Waals surface area contributed by atoms with Crippen LogP contribution in [0.4, 0.5) is 0 Å². The van der Waals surface area contributed by atoms with Crippen molar-refractivity contribution in [1.82, 2.24) is 0 Å². The summed E-state index contributed by atoms with van der Waals surface area (Å²) in [6.45, 7) is 6.30. The highest BCUT2D eigenvalue weighted by atomic mass is 16.6. The highest BCUT2D eigenvalue weighted by Gasteiger charge is 2.19. The van der Waals surface area contributed by atoms with E-state index in [0.29, 0.717) is 19.3 Å². The normalized spacial score (nSPS) is 13.4. The topological polar surface area (TPSA) is 78.9 Å². The van der Waals surface area contributed by atoms with E-state index < -0.39 is 12.1 Å². The first kappa shape index (κ1) is 75.5. The molecule has 6 nitrogen and oxygen atoms in total. The third-order valence-electron chi connectivity index (χ3n) is 12.9. The van der Waals surface area contributed by atoms with E-state index in [9.17, 15) is 14.4 Å². The summed E-state index contributed by atoms with van der Waals surface area (Å²) in [6, 6.07) is 0. The minimum atomic E-state index is -0.851. The standard InChI is InChI=1S/C75H116O6/c1-4-7-10-13-16-19-22-25-28-31-33-34-35-36-37-38-39-40-42-44-47-50-53-56-59-62-65-68-74(77)80-71-72(70-79-73(76)67-64-61-58-55-52-49-46-43-30-27-24-21-18-15-12-9-6-3)81-75(78)69-66-63-60-57-54-51-48-45-41-32-29-26-23-20-17-14-11-8-5-2/h7-8,10-11,16-17,19-20,25-30,33-34,36-37,39-41,44-45,47,51,53-54,56,60,63,72H,4-6,9,12-15,18,21-24,31-32,35,38,42-43,46,48-50,52,55,57-59,61-62,64-71H2,1-3H3/b10-7-,11-8-,19-16-,20-17-,28-25-,29-26-,30-27-,34-33-,37-36-,40-39-,45-41-,47-44-,54-51-,56-53-,63-60-. The number of carbonyl (C=O) groups is 3. The lowest BCUT2D eigenvalue weighted by Gasteiger charge is -2.18. The number of rotatable bonds is 56. The highest BCUT2D eigenvalue weighted by molar-refractivity contribution is 5.71. The van der Waals surface area contributed by atoms with Crippen LogP contribution in [-0.4, -0.2) is 37.2 Å². The van der Waals surface area contributed by atoms with Gasteiger partial charge >= 0.3 is 17.9 Å². The summed E-state index contributed by atoms with van der Waals surface area (Å²) in [7, 11) is 0. The highest BCUT2D eigenvalue weighted by Crippen LogP contribution is 2.13. The molecule has 0 aromatic heterocycles. The van der Waals surface area contributed by atoms with E-state index in [1.807, 2.05) is 12.2 Å². The number of allylic oxidation sites excluding steroid dienone is 30. The van der Waals surface area contributed by atoms with Crippen LogP contribution in [0.15, 0.2) is 182 Å². The first-order valence-electron chi connectivity index (χ1n) is 32.3. The zero-order valence-electron chi connectivity index (χ0n) is 51.7. The third kappa shape index (κ3) is 65.2. The van der Waals surface area contributed by atoms with Crippen LogP contribution in [0.5, 0.6) is 0 Å². The molecule has 1 atom stereocenters. The summed E-state index contributed by atoms with van der Waals surface area (Å²) in [5.74, 6) is -1.07. The molecule has 0 N–H and O–H groups in total. The summed E-state index contributed by atoms with van der Waals surface area (Å²) in [6.07, 6.45) is 100. The Hall–Kier alpha value is -5.49. The number of hydrogen-bond donors (Lipinski definition) is 0. The molecule has 0 radical (unpaired) electrons. The number of hydrogen-bond acceptors (Lipinski definition) is 6. The van der Waals surface area contributed by atoms with E-state index in [0.717, 1.165) is 122 Å². The van der Waals surface area contributed by atoms with Gasteiger partial charge in [-0.3, -0.25) is 14.4 Å². The van der Waals surface area contributed by atoms with E-state index in [2.05, 4.69) is 191 Å². The molecular weight excluding hydrogens is 997 g/mol. The quantitative estimate of drug-likeness (QED) is 0.0261. The van der Waals surface area contributed by atoms with Gasteiger partial charge in [-0.15, -0.1) is 0 Å². The Bertz CT molecular complexity index is 1900. The Morgan fingerprint density at radius 1 is 0.259 bits per heavy atom. The second kappa shape index (κ2) is 67.0. The van der Waals surface area contributed by atoms with Crippen LogP contribution in [0, 0.1) is 0 Å². The minimum Gasteiger partial charge on any atom is -0.462 e. The van der Waals surface area contributed by atoms with Crippen LogP contribution in [0.3, 0.4) is 0 Å². The molecule has 0 saturated carbocycles. The predicted molar refractivity (Wildman–Crippen MR) is 352 cm³/mol. The van der Waals surface area contributed by atoms with Gasteiger partial charge in [-0.2, -0.15) is 0 Å². The first-order valence-corrected chi connectivity index (χ1v) is 32.3. The van der Waals surface area contributed by atoms with Crippen LogP contribution in [0.1, 0.15) is 252 Å². The van der Waals surface area contributed by atoms with Gasteiger partial charge < -0.3 is 14.2 Å². The molecule has 0 aliphatic carbocycles. The van der Waals surface area contributed by atoms with Crippen LogP contribution in [-0.2, 0) is 28.6 Å². The van der Waals surface area contributed by atoms with Crippen molar-refractivity contribution >= 4 is 17.9 Å². The van der Waals surface area contributed by atoms with Gasteiger partial charge in [0.15, 0.2) is 6.10 Å². The molecule has 0 heterocycles. The molecule has 0 bridgehead atoms. The van der Waals surface area contributed by atoms with Gasteiger partial charge in [-0.25, -0.2) is 0 Å². The zero-order valence-corrected chi connectivity index (χ0v) is 51.7. The maximum Gasteiger partial charge on any atom is 0.306 e. The fourth-order valence-electron chi connectivity index (χ4n) is 8.12. The first-order chi connectivity index (χ1) is 40.0. The lowest BCUT2D eigenvalue weighted by molar-refractivity contribution is -0.166. The van der Waals surface area contributed by atoms with E-state index in [1.165, 1.54) is 77.0 Å². The van der Waals surface area contributed by atoms with E-state index in [-0.39, 0.29) is 38.0 Å². The van der Waals surface area contributed by atoms with Crippen molar-refractivity contribution in [3.63, 3.8) is 0 Å². The number of carbonyl (C=O) groups excluding carboxylic acids is 3. The van der Waals surface area contributed by atoms with Gasteiger partial charge in [0.2, 0.25) is 0 Å². The molecule has 81 heavy (non-hydrogen) atoms. The Morgan fingerprint density at radius 3 is 0.840 bits per heavy atom. The summed E-state index contributed by atoms with van der Waals surface area (Å²) in [4.78, 5) is 38.3. The van der Waals surface area contributed by atoms with Gasteiger partial charge in [0.25, 0.3) is 0 Å². The second-order valence-corrected chi connectivity index (χ2v) is 20.5. The van der Waals surface area contributed by atoms with Crippen molar-refractivity contribution in [2.45, 2.75) is 258 Å². The number of unbranched alkanes of at least 4 members (excludes halogenated alkanes) is 15. The monoisotopic (exact) mass is 1110 g/mol. The zero-order chi connectivity index (χ0) is 58.5. The van der Waals surface area contributed by atoms with Crippen LogP contribution in [0.2, 0.25) is 0 Å². The van der Waals surface area contributed by atoms with Crippen LogP contribution >= 0.6 is 0 Å². The lowest BCUT2D eigenvalue weighted by atomic mass is 10.1. The molecule has 0 aromatic carbocycles. The molecule has 0 rings (SSSR count). The van der Waals surface area contributed by atoms with Crippen molar-refractivity contribution in [2.75, 3.05) is 13.2 Å². The van der Waals surface area contributed by atoms with Crippen LogP contribution in [0.25, 0.3) is 0 Å². The fraction of sp³-hybridized carbons (Fsp3) is 0.560. The third-order valence-corrected chi connectivity index (χ3v) is 12.9. The largest absolute Gasteiger partial charge is 0.462 e. The number of esters is 3. The van der Waals surface area contributed by atoms with Crippen molar-refractivity contribution in [3.8, 4) is 0 Å². The maximum atomic E-state index is 12.9. The molecule has 0 aliphatic rings. The average Bonchev–Trinajstić information content (AvgIpc) is 3.47. The minimum absolute atomic E-state index is 0.133. The predicted octanol–water partition coefficient (Wildman–Crippen LogP) is 22.4. The van der Waals surface area contributed by atoms with Crippen molar-refractivity contribution < 1.29 is 28.6 Å². The summed E-state index contributed by atoms with van der Waals surface area (Å²) >= 11 is 0. The van der Waals surface area contributed by atoms with Crippen LogP contribution < -0.4 is 0 Å². The van der Waals surface area contributed by atoms with Crippen molar-refractivity contribution in [3.05, 3.63) is 182 Å². The molecule has 0 aromatic rings. The lowest BCUT2D eigenvalue weighted by Crippen LogP contribution is -2.30. The van der Waals surface area contributed by atoms with Gasteiger partial charge in [-0.1, -0.05) is 267 Å². The van der Waals surface area contributed by atoms with E-state index in [1.54, 1.807) is 0 Å². The molecule has 0 aliphatic heterocycles. The Morgan fingerprint density at radius 2 is 0.506 bits per heavy atom. The van der Waals surface area contributed by atoms with E-state index >= 15 is 0 Å². The molecule has 0 fully saturated rings. The molecular formula is C75H116O6. The number of ether oxygens (including phenoxy) is 3. The van der Waals surface area contributed by atoms with Gasteiger partial charge in [0.05, 0.1) is 0 Å². The molecule has 0 spiro atoms. The Balaban J connectivity index is 4.59. The second-order valence-electron chi connectivity index (χ2n) is 20.5. The average molecular weight is 1110 g/mol. The SMILES string of the molecule is CC/C=C\C/C=C\C/C=C\C/C=C\C/C=C\C/C=C\C/C=C\C/C=C\CCCCC(=O)OCC(COC(=O)CCCCCCCCC/C=C\CCCCCCCC)OC(=O)CC/C=C\C/C=C\C/C=C\C/C=C\C/C=C\C/C=C\CC. The molecule has 0 amide bonds. The van der Waals surface area contributed by atoms with Gasteiger partial charge in [0, 0.05) is 19.3 Å². The summed E-state index contributed by atoms with van der Waals surface area (Å²) < 4.78 is 16.8. The van der Waals surface area contributed by atoms with Crippen molar-refractivity contribution in [1.29, 1.82) is 0 Å². The van der Waals surface area contributed by atoms with Gasteiger partial charge in [0.1, 0.15) is 13.2 Å². The summed E-state index contributed by atoms with van der Waals surface area (Å²) in [5.41, 5.74) is 0. The maximum absolute atomic E-state index is 12.9. The van der Waals surface area contributed by atoms with Crippen molar-refractivity contribution in [2.24, 2.45) is 0 Å². The molecule has 6 heteroatoms. The van der Waals surface area contributed by atoms with Gasteiger partial charge in [-0.05, 0) is 148 Å². The smallest absolute Gasteiger partial charge is 0.306 e. The summed E-state index contributed by atoms with van der Waals surface area (Å²) in [5, 5.41) is 0. The Labute approximate surface area is 497 Å².